The maximum Gasteiger partial charge on any atom is 0.255 e. The Labute approximate surface area is 196 Å². The first kappa shape index (κ1) is 22.3. The smallest absolute Gasteiger partial charge is 0.255 e. The van der Waals surface area contributed by atoms with Crippen molar-refractivity contribution in [2.75, 3.05) is 16.0 Å². The molecule has 0 aliphatic heterocycles. The highest BCUT2D eigenvalue weighted by Gasteiger charge is 2.18. The normalized spacial score (nSPS) is 10.5. The fraction of sp³-hybridized carbons (Fsp3) is 0.0370. The van der Waals surface area contributed by atoms with Crippen LogP contribution in [-0.2, 0) is 4.79 Å². The Morgan fingerprint density at radius 2 is 1.36 bits per heavy atom. The van der Waals surface area contributed by atoms with E-state index in [0.717, 1.165) is 16.3 Å². The molecule has 164 valence electrons. The summed E-state index contributed by atoms with van der Waals surface area (Å²) in [6, 6.07) is 31.7. The molecule has 33 heavy (non-hydrogen) atoms. The molecule has 0 fully saturated rings. The summed E-state index contributed by atoms with van der Waals surface area (Å²) in [6.07, 6.45) is 0. The Bertz CT molecular complexity index is 1190. The third kappa shape index (κ3) is 5.87. The zero-order valence-corrected chi connectivity index (χ0v) is 18.5. The zero-order valence-electron chi connectivity index (χ0n) is 17.6. The number of rotatable bonds is 7. The highest BCUT2D eigenvalue weighted by atomic mass is 32.2. The van der Waals surface area contributed by atoms with Gasteiger partial charge in [-0.3, -0.25) is 14.5 Å². The van der Waals surface area contributed by atoms with Gasteiger partial charge in [0.25, 0.3) is 5.91 Å². The fourth-order valence-corrected chi connectivity index (χ4v) is 4.07. The van der Waals surface area contributed by atoms with Crippen LogP contribution in [0.1, 0.15) is 10.4 Å². The average Bonchev–Trinajstić information content (AvgIpc) is 2.85. The minimum atomic E-state index is -0.394. The van der Waals surface area contributed by atoms with Gasteiger partial charge in [0.05, 0.1) is 5.75 Å². The lowest BCUT2D eigenvalue weighted by molar-refractivity contribution is -0.115. The monoisotopic (exact) mass is 456 g/mol. The van der Waals surface area contributed by atoms with Crippen LogP contribution in [0.15, 0.2) is 114 Å². The van der Waals surface area contributed by atoms with Crippen molar-refractivity contribution in [3.05, 3.63) is 121 Å². The number of benzene rings is 4. The number of anilines is 3. The predicted molar refractivity (Wildman–Crippen MR) is 132 cm³/mol. The molecule has 0 heterocycles. The summed E-state index contributed by atoms with van der Waals surface area (Å²) >= 11 is 1.39. The van der Waals surface area contributed by atoms with Crippen molar-refractivity contribution in [1.29, 1.82) is 0 Å². The van der Waals surface area contributed by atoms with Crippen LogP contribution in [0.5, 0.6) is 0 Å². The Balaban J connectivity index is 1.45. The number of hydrogen-bond acceptors (Lipinski definition) is 3. The number of para-hydroxylation sites is 2. The van der Waals surface area contributed by atoms with Crippen LogP contribution >= 0.6 is 11.8 Å². The minimum Gasteiger partial charge on any atom is -0.322 e. The molecule has 0 bridgehead atoms. The van der Waals surface area contributed by atoms with Crippen molar-refractivity contribution < 1.29 is 14.0 Å². The highest BCUT2D eigenvalue weighted by molar-refractivity contribution is 8.00. The van der Waals surface area contributed by atoms with Gasteiger partial charge in [-0.05, 0) is 66.7 Å². The number of amides is 2. The van der Waals surface area contributed by atoms with Gasteiger partial charge in [-0.15, -0.1) is 11.8 Å². The fourth-order valence-electron chi connectivity index (χ4n) is 3.27. The van der Waals surface area contributed by atoms with Gasteiger partial charge >= 0.3 is 0 Å². The topological polar surface area (TPSA) is 49.4 Å². The van der Waals surface area contributed by atoms with Crippen molar-refractivity contribution >= 4 is 40.6 Å². The lowest BCUT2D eigenvalue weighted by Crippen LogP contribution is -2.27. The van der Waals surface area contributed by atoms with Gasteiger partial charge in [0.15, 0.2) is 0 Å². The standard InChI is InChI=1S/C27H21FN2O2S/c28-21-16-14-20(15-17-21)27(32)29-22-8-7-13-25(18-22)33-19-26(31)30(23-9-3-1-4-10-23)24-11-5-2-6-12-24/h1-18H,19H2,(H,29,32). The van der Waals surface area contributed by atoms with E-state index in [1.165, 1.54) is 36.0 Å². The van der Waals surface area contributed by atoms with E-state index in [4.69, 9.17) is 0 Å². The molecule has 0 aromatic heterocycles. The molecule has 4 nitrogen and oxygen atoms in total. The van der Waals surface area contributed by atoms with Gasteiger partial charge < -0.3 is 5.32 Å². The quantitative estimate of drug-likeness (QED) is 0.322. The summed E-state index contributed by atoms with van der Waals surface area (Å²) in [7, 11) is 0. The summed E-state index contributed by atoms with van der Waals surface area (Å²) in [4.78, 5) is 28.2. The summed E-state index contributed by atoms with van der Waals surface area (Å²) in [6.45, 7) is 0. The van der Waals surface area contributed by atoms with E-state index in [2.05, 4.69) is 5.32 Å². The molecule has 0 radical (unpaired) electrons. The molecule has 4 aromatic rings. The second-order valence-electron chi connectivity index (χ2n) is 7.18. The van der Waals surface area contributed by atoms with Crippen LogP contribution in [0.2, 0.25) is 0 Å². The molecule has 0 atom stereocenters. The lowest BCUT2D eigenvalue weighted by atomic mass is 10.2. The molecule has 0 saturated carbocycles. The number of thioether (sulfide) groups is 1. The molecule has 0 spiro atoms. The third-order valence-electron chi connectivity index (χ3n) is 4.84. The molecule has 2 amide bonds. The number of halogens is 1. The first-order chi connectivity index (χ1) is 16.1. The molecule has 1 N–H and O–H groups in total. The molecule has 0 saturated heterocycles. The molecule has 0 aliphatic carbocycles. The van der Waals surface area contributed by atoms with Gasteiger partial charge in [-0.1, -0.05) is 42.5 Å². The van der Waals surface area contributed by atoms with Crippen LogP contribution in [0, 0.1) is 5.82 Å². The molecular formula is C27H21FN2O2S. The molecular weight excluding hydrogens is 435 g/mol. The van der Waals surface area contributed by atoms with Crippen molar-refractivity contribution in [2.45, 2.75) is 4.90 Å². The maximum absolute atomic E-state index is 13.2. The van der Waals surface area contributed by atoms with Crippen LogP contribution in [0.3, 0.4) is 0 Å². The first-order valence-electron chi connectivity index (χ1n) is 10.3. The number of carbonyl (C=O) groups is 2. The zero-order chi connectivity index (χ0) is 23.0. The van der Waals surface area contributed by atoms with Gasteiger partial charge in [0.1, 0.15) is 5.82 Å². The second-order valence-corrected chi connectivity index (χ2v) is 8.23. The van der Waals surface area contributed by atoms with Crippen LogP contribution in [-0.4, -0.2) is 17.6 Å². The number of hydrogen-bond donors (Lipinski definition) is 1. The highest BCUT2D eigenvalue weighted by Crippen LogP contribution is 2.28. The third-order valence-corrected chi connectivity index (χ3v) is 5.82. The van der Waals surface area contributed by atoms with E-state index < -0.39 is 5.82 Å². The second kappa shape index (κ2) is 10.6. The number of nitrogens with zero attached hydrogens (tertiary/aromatic N) is 1. The Hall–Kier alpha value is -3.90. The minimum absolute atomic E-state index is 0.0573. The van der Waals surface area contributed by atoms with E-state index in [-0.39, 0.29) is 17.6 Å². The van der Waals surface area contributed by atoms with Crippen LogP contribution < -0.4 is 10.2 Å². The predicted octanol–water partition coefficient (Wildman–Crippen LogP) is 6.54. The van der Waals surface area contributed by atoms with Gasteiger partial charge in [-0.2, -0.15) is 0 Å². The van der Waals surface area contributed by atoms with Crippen molar-refractivity contribution in [2.24, 2.45) is 0 Å². The summed E-state index contributed by atoms with van der Waals surface area (Å²) in [5.74, 6) is -0.556. The molecule has 6 heteroatoms. The van der Waals surface area contributed by atoms with Crippen molar-refractivity contribution in [1.82, 2.24) is 0 Å². The van der Waals surface area contributed by atoms with Gasteiger partial charge in [0.2, 0.25) is 5.91 Å². The van der Waals surface area contributed by atoms with E-state index in [1.54, 1.807) is 11.0 Å². The van der Waals surface area contributed by atoms with E-state index in [9.17, 15) is 14.0 Å². The Morgan fingerprint density at radius 3 is 1.97 bits per heavy atom. The molecule has 0 unspecified atom stereocenters. The molecule has 4 rings (SSSR count). The largest absolute Gasteiger partial charge is 0.322 e. The van der Waals surface area contributed by atoms with Gasteiger partial charge in [-0.25, -0.2) is 4.39 Å². The Kier molecular flexibility index (Phi) is 7.17. The lowest BCUT2D eigenvalue weighted by Gasteiger charge is -2.23. The Morgan fingerprint density at radius 1 is 0.758 bits per heavy atom. The van der Waals surface area contributed by atoms with Crippen molar-refractivity contribution in [3.63, 3.8) is 0 Å². The van der Waals surface area contributed by atoms with Crippen LogP contribution in [0.4, 0.5) is 21.5 Å². The summed E-state index contributed by atoms with van der Waals surface area (Å²) < 4.78 is 13.1. The maximum atomic E-state index is 13.2. The van der Waals surface area contributed by atoms with Gasteiger partial charge in [0, 0.05) is 27.5 Å². The molecule has 4 aromatic carbocycles. The van der Waals surface area contributed by atoms with E-state index in [1.807, 2.05) is 78.9 Å². The SMILES string of the molecule is O=C(Nc1cccc(SCC(=O)N(c2ccccc2)c2ccccc2)c1)c1ccc(F)cc1. The number of carbonyl (C=O) groups excluding carboxylic acids is 2. The molecule has 0 aliphatic rings. The van der Waals surface area contributed by atoms with Crippen LogP contribution in [0.25, 0.3) is 0 Å². The summed E-state index contributed by atoms with van der Waals surface area (Å²) in [5.41, 5.74) is 2.57. The van der Waals surface area contributed by atoms with Crippen molar-refractivity contribution in [3.8, 4) is 0 Å². The van der Waals surface area contributed by atoms with E-state index in [0.29, 0.717) is 11.3 Å². The average molecular weight is 457 g/mol. The summed E-state index contributed by atoms with van der Waals surface area (Å²) in [5, 5.41) is 2.81. The first-order valence-corrected chi connectivity index (χ1v) is 11.3. The van der Waals surface area contributed by atoms with E-state index >= 15 is 0 Å². The number of nitrogens with one attached hydrogen (secondary N) is 1.